The van der Waals surface area contributed by atoms with Crippen molar-refractivity contribution in [2.24, 2.45) is 0 Å². The molecule has 2 aromatic heterocycles. The number of nitrogens with zero attached hydrogens (tertiary/aromatic N) is 2. The van der Waals surface area contributed by atoms with Crippen LogP contribution in [0.25, 0.3) is 23.7 Å². The van der Waals surface area contributed by atoms with Crippen molar-refractivity contribution in [3.05, 3.63) is 53.2 Å². The van der Waals surface area contributed by atoms with Gasteiger partial charge in [0.05, 0.1) is 10.7 Å². The number of carbonyl (C=O) groups is 1. The number of allylic oxidation sites excluding steroid dienone is 3. The molecule has 2 heterocycles. The fraction of sp³-hybridized carbons (Fsp3) is 0.250. The molecule has 2 aromatic rings. The number of aromatic amines is 2. The second-order valence-corrected chi connectivity index (χ2v) is 5.35. The number of amides is 1. The maximum absolute atomic E-state index is 12.2. The molecule has 0 fully saturated rings. The molecule has 0 radical (unpaired) electrons. The van der Waals surface area contributed by atoms with Gasteiger partial charge in [0.15, 0.2) is 11.6 Å². The highest BCUT2D eigenvalue weighted by molar-refractivity contribution is 6.05. The summed E-state index contributed by atoms with van der Waals surface area (Å²) in [4.78, 5) is 20.0. The lowest BCUT2D eigenvalue weighted by atomic mass is 10.2. The van der Waals surface area contributed by atoms with Crippen LogP contribution >= 0.6 is 0 Å². The van der Waals surface area contributed by atoms with Gasteiger partial charge in [0.2, 0.25) is 0 Å². The molecular weight excluding hydrogens is 326 g/mol. The van der Waals surface area contributed by atoms with Gasteiger partial charge in [-0.2, -0.15) is 5.10 Å². The van der Waals surface area contributed by atoms with Crippen molar-refractivity contribution < 1.29 is 4.79 Å². The summed E-state index contributed by atoms with van der Waals surface area (Å²) in [5.74, 6) is 0.904. The van der Waals surface area contributed by atoms with Crippen LogP contribution in [0.5, 0.6) is 0 Å². The lowest BCUT2D eigenvalue weighted by Gasteiger charge is -2.01. The molecule has 0 saturated carbocycles. The van der Waals surface area contributed by atoms with Gasteiger partial charge in [0, 0.05) is 11.6 Å². The number of imidazole rings is 1. The molecule has 26 heavy (non-hydrogen) atoms. The molecule has 0 saturated heterocycles. The van der Waals surface area contributed by atoms with Crippen LogP contribution in [0.1, 0.15) is 33.6 Å². The van der Waals surface area contributed by atoms with E-state index < -0.39 is 0 Å². The Morgan fingerprint density at radius 1 is 1.31 bits per heavy atom. The Bertz CT molecular complexity index is 910. The Morgan fingerprint density at radius 3 is 2.77 bits per heavy atom. The van der Waals surface area contributed by atoms with Gasteiger partial charge in [-0.1, -0.05) is 56.9 Å². The van der Waals surface area contributed by atoms with Crippen LogP contribution in [0.4, 0.5) is 5.82 Å². The SMILES string of the molecule is C=C/C=C(\C=C/C)C(=O)Nc1cc(-c2nc3c([nH]2)=CCCC=3)[nH]n1.CC. The molecule has 0 atom stereocenters. The van der Waals surface area contributed by atoms with Gasteiger partial charge in [-0.05, 0) is 19.8 Å². The second kappa shape index (κ2) is 9.36. The predicted molar refractivity (Wildman–Crippen MR) is 107 cm³/mol. The standard InChI is InChI=1S/C18H19N5O.C2H6/c1-3-7-12(8-4-2)18(24)21-16-11-15(22-23-16)17-19-13-9-5-6-10-14(13)20-17;1-2/h3-4,7-11H,1,5-6H2,2H3,(H,19,20)(H2,21,22,23,24);1-2H3/b8-4-,12-7+;. The number of nitrogens with one attached hydrogen (secondary N) is 3. The zero-order valence-corrected chi connectivity index (χ0v) is 15.5. The summed E-state index contributed by atoms with van der Waals surface area (Å²) in [5, 5.41) is 11.8. The van der Waals surface area contributed by atoms with Crippen LogP contribution in [0, 0.1) is 0 Å². The molecule has 0 unspecified atom stereocenters. The van der Waals surface area contributed by atoms with Crippen LogP contribution in [-0.2, 0) is 4.79 Å². The minimum atomic E-state index is -0.244. The van der Waals surface area contributed by atoms with E-state index in [-0.39, 0.29) is 5.91 Å². The molecule has 1 amide bonds. The highest BCUT2D eigenvalue weighted by Gasteiger charge is 2.11. The van der Waals surface area contributed by atoms with Gasteiger partial charge in [-0.3, -0.25) is 9.89 Å². The Labute approximate surface area is 153 Å². The molecule has 3 N–H and O–H groups in total. The number of hydrogen-bond acceptors (Lipinski definition) is 3. The molecule has 6 heteroatoms. The third-order valence-corrected chi connectivity index (χ3v) is 3.59. The van der Waals surface area contributed by atoms with Gasteiger partial charge >= 0.3 is 0 Å². The van der Waals surface area contributed by atoms with Crippen molar-refractivity contribution in [1.82, 2.24) is 20.2 Å². The molecule has 6 nitrogen and oxygen atoms in total. The van der Waals surface area contributed by atoms with E-state index in [2.05, 4.69) is 44.2 Å². The largest absolute Gasteiger partial charge is 0.337 e. The molecule has 1 aliphatic rings. The molecule has 1 aliphatic carbocycles. The molecular formula is C20H25N5O. The maximum atomic E-state index is 12.2. The summed E-state index contributed by atoms with van der Waals surface area (Å²) in [6.07, 6.45) is 13.0. The molecule has 3 rings (SSSR count). The third kappa shape index (κ3) is 4.47. The van der Waals surface area contributed by atoms with Gasteiger partial charge in [0.1, 0.15) is 5.69 Å². The van der Waals surface area contributed by atoms with Crippen molar-refractivity contribution in [3.8, 4) is 11.5 Å². The lowest BCUT2D eigenvalue weighted by Crippen LogP contribution is -2.26. The summed E-state index contributed by atoms with van der Waals surface area (Å²) in [7, 11) is 0. The number of anilines is 1. The summed E-state index contributed by atoms with van der Waals surface area (Å²) >= 11 is 0. The van der Waals surface area contributed by atoms with E-state index in [0.717, 1.165) is 29.2 Å². The van der Waals surface area contributed by atoms with Crippen LogP contribution in [-0.4, -0.2) is 26.1 Å². The van der Waals surface area contributed by atoms with E-state index in [1.807, 2.05) is 20.8 Å². The number of hydrogen-bond donors (Lipinski definition) is 3. The Kier molecular flexibility index (Phi) is 6.91. The lowest BCUT2D eigenvalue weighted by molar-refractivity contribution is -0.112. The van der Waals surface area contributed by atoms with Crippen molar-refractivity contribution in [2.75, 3.05) is 5.32 Å². The Hall–Kier alpha value is -3.15. The van der Waals surface area contributed by atoms with E-state index in [1.165, 1.54) is 0 Å². The van der Waals surface area contributed by atoms with Crippen LogP contribution in [0.3, 0.4) is 0 Å². The summed E-state index contributed by atoms with van der Waals surface area (Å²) in [5.41, 5.74) is 1.23. The summed E-state index contributed by atoms with van der Waals surface area (Å²) in [6.45, 7) is 9.47. The first-order valence-corrected chi connectivity index (χ1v) is 8.80. The van der Waals surface area contributed by atoms with Crippen LogP contribution in [0.2, 0.25) is 0 Å². The van der Waals surface area contributed by atoms with Crippen molar-refractivity contribution >= 4 is 23.9 Å². The normalized spacial score (nSPS) is 13.1. The average Bonchev–Trinajstić information content (AvgIpc) is 3.29. The number of H-pyrrole nitrogens is 2. The topological polar surface area (TPSA) is 86.5 Å². The number of carbonyl (C=O) groups excluding carboxylic acids is 1. The van der Waals surface area contributed by atoms with Gasteiger partial charge in [0.25, 0.3) is 5.91 Å². The summed E-state index contributed by atoms with van der Waals surface area (Å²) < 4.78 is 0. The molecule has 0 aliphatic heterocycles. The van der Waals surface area contributed by atoms with Crippen molar-refractivity contribution in [2.45, 2.75) is 33.6 Å². The first-order chi connectivity index (χ1) is 12.7. The van der Waals surface area contributed by atoms with E-state index in [4.69, 9.17) is 0 Å². The Balaban J connectivity index is 0.00000117. The smallest absolute Gasteiger partial charge is 0.256 e. The van der Waals surface area contributed by atoms with Crippen LogP contribution in [0.15, 0.2) is 42.5 Å². The minimum Gasteiger partial charge on any atom is -0.337 e. The van der Waals surface area contributed by atoms with Crippen molar-refractivity contribution in [1.29, 1.82) is 0 Å². The maximum Gasteiger partial charge on any atom is 0.256 e. The number of fused-ring (bicyclic) bond motifs is 1. The fourth-order valence-electron chi connectivity index (χ4n) is 2.50. The predicted octanol–water partition coefficient (Wildman–Crippen LogP) is 2.81. The van der Waals surface area contributed by atoms with Gasteiger partial charge in [-0.15, -0.1) is 0 Å². The molecule has 0 aromatic carbocycles. The van der Waals surface area contributed by atoms with Gasteiger partial charge < -0.3 is 10.3 Å². The fourth-order valence-corrected chi connectivity index (χ4v) is 2.50. The Morgan fingerprint density at radius 2 is 2.08 bits per heavy atom. The second-order valence-electron chi connectivity index (χ2n) is 5.35. The molecule has 136 valence electrons. The van der Waals surface area contributed by atoms with E-state index >= 15 is 0 Å². The zero-order chi connectivity index (χ0) is 18.9. The van der Waals surface area contributed by atoms with E-state index in [0.29, 0.717) is 17.2 Å². The van der Waals surface area contributed by atoms with Gasteiger partial charge in [-0.25, -0.2) is 4.98 Å². The molecule has 0 bridgehead atoms. The van der Waals surface area contributed by atoms with E-state index in [9.17, 15) is 4.79 Å². The third-order valence-electron chi connectivity index (χ3n) is 3.59. The zero-order valence-electron chi connectivity index (χ0n) is 15.5. The monoisotopic (exact) mass is 351 g/mol. The van der Waals surface area contributed by atoms with Crippen LogP contribution < -0.4 is 16.0 Å². The first-order valence-electron chi connectivity index (χ1n) is 8.80. The quantitative estimate of drug-likeness (QED) is 0.572. The highest BCUT2D eigenvalue weighted by atomic mass is 16.1. The first kappa shape index (κ1) is 19.2. The average molecular weight is 351 g/mol. The molecule has 0 spiro atoms. The number of aromatic nitrogens is 4. The van der Waals surface area contributed by atoms with E-state index in [1.54, 1.807) is 30.4 Å². The number of rotatable bonds is 5. The minimum absolute atomic E-state index is 0.244. The highest BCUT2D eigenvalue weighted by Crippen LogP contribution is 2.15. The summed E-state index contributed by atoms with van der Waals surface area (Å²) in [6, 6.07) is 1.75. The van der Waals surface area contributed by atoms with Crippen molar-refractivity contribution in [3.63, 3.8) is 0 Å².